The number of rotatable bonds is 5. The average molecular weight is 401 g/mol. The number of hydrogen-bond donors (Lipinski definition) is 0. The smallest absolute Gasteiger partial charge is 0.118 e. The van der Waals surface area contributed by atoms with E-state index in [1.165, 1.54) is 0 Å². The van der Waals surface area contributed by atoms with Crippen LogP contribution < -0.4 is 9.47 Å². The summed E-state index contributed by atoms with van der Waals surface area (Å²) in [4.78, 5) is 0. The minimum absolute atomic E-state index is 0.735. The second-order valence-corrected chi connectivity index (χ2v) is 7.16. The van der Waals surface area contributed by atoms with Crippen LogP contribution in [-0.2, 0) is 0 Å². The highest BCUT2D eigenvalue weighted by molar-refractivity contribution is 6.30. The molecule has 4 aromatic rings. The summed E-state index contributed by atoms with van der Waals surface area (Å²) in [5, 5.41) is 0.735. The zero-order valence-electron chi connectivity index (χ0n) is 16.4. The van der Waals surface area contributed by atoms with Gasteiger partial charge in [-0.1, -0.05) is 60.1 Å². The van der Waals surface area contributed by atoms with E-state index in [9.17, 15) is 0 Å². The normalized spacial score (nSPS) is 10.6. The maximum absolute atomic E-state index is 6.06. The van der Waals surface area contributed by atoms with Crippen LogP contribution in [0.5, 0.6) is 11.5 Å². The number of benzene rings is 4. The molecule has 0 N–H and O–H groups in total. The first-order valence-corrected chi connectivity index (χ1v) is 9.74. The summed E-state index contributed by atoms with van der Waals surface area (Å²) in [7, 11) is 3.36. The first kappa shape index (κ1) is 19.1. The molecule has 0 radical (unpaired) electrons. The Hall–Kier alpha value is -3.23. The number of hydrogen-bond acceptors (Lipinski definition) is 2. The van der Waals surface area contributed by atoms with Gasteiger partial charge < -0.3 is 9.47 Å². The molecule has 4 aromatic carbocycles. The van der Waals surface area contributed by atoms with E-state index < -0.39 is 0 Å². The van der Waals surface area contributed by atoms with E-state index in [0.717, 1.165) is 49.9 Å². The lowest BCUT2D eigenvalue weighted by molar-refractivity contribution is 0.414. The van der Waals surface area contributed by atoms with Gasteiger partial charge in [0.1, 0.15) is 11.5 Å². The molecule has 0 aromatic heterocycles. The summed E-state index contributed by atoms with van der Waals surface area (Å²) in [6.45, 7) is 0. The zero-order chi connectivity index (χ0) is 20.2. The van der Waals surface area contributed by atoms with Crippen molar-refractivity contribution < 1.29 is 9.47 Å². The van der Waals surface area contributed by atoms with Gasteiger partial charge in [-0.3, -0.25) is 0 Å². The molecule has 0 saturated carbocycles. The third kappa shape index (κ3) is 4.13. The highest BCUT2D eigenvalue weighted by Crippen LogP contribution is 2.37. The van der Waals surface area contributed by atoms with E-state index in [-0.39, 0.29) is 0 Å². The van der Waals surface area contributed by atoms with Crippen LogP contribution in [0.25, 0.3) is 33.4 Å². The van der Waals surface area contributed by atoms with Gasteiger partial charge in [-0.15, -0.1) is 0 Å². The van der Waals surface area contributed by atoms with Gasteiger partial charge in [0.2, 0.25) is 0 Å². The standard InChI is InChI=1S/C26H21ClO2/c1-28-23-12-5-19(6-13-23)25-16-9-21(18-3-10-22(27)11-4-18)17-26(25)20-7-14-24(29-2)15-8-20/h3-17H,1-2H3. The van der Waals surface area contributed by atoms with E-state index in [1.807, 2.05) is 48.5 Å². The Morgan fingerprint density at radius 1 is 0.483 bits per heavy atom. The predicted molar refractivity (Wildman–Crippen MR) is 121 cm³/mol. The minimum Gasteiger partial charge on any atom is -0.497 e. The molecule has 0 saturated heterocycles. The van der Waals surface area contributed by atoms with Gasteiger partial charge in [-0.2, -0.15) is 0 Å². The van der Waals surface area contributed by atoms with Crippen molar-refractivity contribution in [2.75, 3.05) is 14.2 Å². The first-order valence-electron chi connectivity index (χ1n) is 9.37. The summed E-state index contributed by atoms with van der Waals surface area (Å²) in [6, 6.07) is 30.8. The van der Waals surface area contributed by atoms with E-state index in [0.29, 0.717) is 0 Å². The van der Waals surface area contributed by atoms with E-state index in [4.69, 9.17) is 21.1 Å². The molecule has 2 nitrogen and oxygen atoms in total. The Balaban J connectivity index is 1.85. The zero-order valence-corrected chi connectivity index (χ0v) is 17.1. The molecule has 0 aliphatic heterocycles. The van der Waals surface area contributed by atoms with Crippen molar-refractivity contribution in [3.05, 3.63) is 96.0 Å². The quantitative estimate of drug-likeness (QED) is 0.348. The maximum Gasteiger partial charge on any atom is 0.118 e. The summed E-state index contributed by atoms with van der Waals surface area (Å²) in [6.07, 6.45) is 0. The molecular weight excluding hydrogens is 380 g/mol. The fraction of sp³-hybridized carbons (Fsp3) is 0.0769. The summed E-state index contributed by atoms with van der Waals surface area (Å²) in [5.41, 5.74) is 6.86. The molecule has 0 spiro atoms. The molecule has 29 heavy (non-hydrogen) atoms. The third-order valence-corrected chi connectivity index (χ3v) is 5.25. The van der Waals surface area contributed by atoms with Crippen molar-refractivity contribution in [1.82, 2.24) is 0 Å². The van der Waals surface area contributed by atoms with Gasteiger partial charge in [-0.05, 0) is 75.8 Å². The van der Waals surface area contributed by atoms with Crippen LogP contribution in [0.4, 0.5) is 0 Å². The van der Waals surface area contributed by atoms with Gasteiger partial charge in [0, 0.05) is 5.02 Å². The maximum atomic E-state index is 6.06. The van der Waals surface area contributed by atoms with Crippen LogP contribution in [0.2, 0.25) is 5.02 Å². The van der Waals surface area contributed by atoms with E-state index in [2.05, 4.69) is 42.5 Å². The van der Waals surface area contributed by atoms with Crippen LogP contribution in [0, 0.1) is 0 Å². The molecule has 0 amide bonds. The fourth-order valence-electron chi connectivity index (χ4n) is 3.40. The van der Waals surface area contributed by atoms with Crippen LogP contribution in [0.15, 0.2) is 91.0 Å². The molecular formula is C26H21ClO2. The minimum atomic E-state index is 0.735. The van der Waals surface area contributed by atoms with Crippen molar-refractivity contribution in [3.63, 3.8) is 0 Å². The lowest BCUT2D eigenvalue weighted by Crippen LogP contribution is -1.89. The fourth-order valence-corrected chi connectivity index (χ4v) is 3.52. The van der Waals surface area contributed by atoms with Crippen LogP contribution in [-0.4, -0.2) is 14.2 Å². The molecule has 0 bridgehead atoms. The largest absolute Gasteiger partial charge is 0.497 e. The number of ether oxygens (including phenoxy) is 2. The van der Waals surface area contributed by atoms with Crippen molar-refractivity contribution >= 4 is 11.6 Å². The van der Waals surface area contributed by atoms with Crippen LogP contribution >= 0.6 is 11.6 Å². The molecule has 3 heteroatoms. The van der Waals surface area contributed by atoms with Crippen molar-refractivity contribution in [1.29, 1.82) is 0 Å². The van der Waals surface area contributed by atoms with Crippen LogP contribution in [0.1, 0.15) is 0 Å². The van der Waals surface area contributed by atoms with Gasteiger partial charge in [0.25, 0.3) is 0 Å². The molecule has 144 valence electrons. The lowest BCUT2D eigenvalue weighted by Gasteiger charge is -2.14. The Bertz CT molecular complexity index is 1100. The van der Waals surface area contributed by atoms with Gasteiger partial charge in [-0.25, -0.2) is 0 Å². The Morgan fingerprint density at radius 3 is 1.45 bits per heavy atom. The summed E-state index contributed by atoms with van der Waals surface area (Å²) in [5.74, 6) is 1.69. The van der Waals surface area contributed by atoms with E-state index in [1.54, 1.807) is 14.2 Å². The molecule has 0 aliphatic rings. The molecule has 4 rings (SSSR count). The number of methoxy groups -OCH3 is 2. The Labute approximate surface area is 176 Å². The van der Waals surface area contributed by atoms with Gasteiger partial charge >= 0.3 is 0 Å². The Morgan fingerprint density at radius 2 is 0.931 bits per heavy atom. The van der Waals surface area contributed by atoms with Crippen LogP contribution in [0.3, 0.4) is 0 Å². The molecule has 0 unspecified atom stereocenters. The second-order valence-electron chi connectivity index (χ2n) is 6.72. The topological polar surface area (TPSA) is 18.5 Å². The average Bonchev–Trinajstić information content (AvgIpc) is 2.79. The molecule has 0 atom stereocenters. The lowest BCUT2D eigenvalue weighted by atomic mass is 9.91. The summed E-state index contributed by atoms with van der Waals surface area (Å²) < 4.78 is 10.6. The second kappa shape index (κ2) is 8.42. The van der Waals surface area contributed by atoms with E-state index >= 15 is 0 Å². The van der Waals surface area contributed by atoms with Crippen molar-refractivity contribution in [2.45, 2.75) is 0 Å². The van der Waals surface area contributed by atoms with Gasteiger partial charge in [0.05, 0.1) is 14.2 Å². The predicted octanol–water partition coefficient (Wildman–Crippen LogP) is 7.36. The van der Waals surface area contributed by atoms with Crippen molar-refractivity contribution in [2.24, 2.45) is 0 Å². The molecule has 0 fully saturated rings. The molecule has 0 heterocycles. The van der Waals surface area contributed by atoms with Crippen molar-refractivity contribution in [3.8, 4) is 44.9 Å². The molecule has 0 aliphatic carbocycles. The first-order chi connectivity index (χ1) is 14.2. The highest BCUT2D eigenvalue weighted by atomic mass is 35.5. The third-order valence-electron chi connectivity index (χ3n) is 5.00. The summed E-state index contributed by atoms with van der Waals surface area (Å²) >= 11 is 6.06. The number of halogens is 1. The Kier molecular flexibility index (Phi) is 5.55. The highest BCUT2D eigenvalue weighted by Gasteiger charge is 2.11. The SMILES string of the molecule is COc1ccc(-c2ccc(-c3ccc(Cl)cc3)cc2-c2ccc(OC)cc2)cc1. The van der Waals surface area contributed by atoms with Gasteiger partial charge in [0.15, 0.2) is 0 Å². The monoisotopic (exact) mass is 400 g/mol.